The summed E-state index contributed by atoms with van der Waals surface area (Å²) in [6.07, 6.45) is 17.8. The lowest BCUT2D eigenvalue weighted by molar-refractivity contribution is -0.674. The van der Waals surface area contributed by atoms with Crippen molar-refractivity contribution in [2.24, 2.45) is 42.3 Å². The second kappa shape index (κ2) is 45.3. The minimum atomic E-state index is 0.446. The molecule has 0 aliphatic heterocycles. The Morgan fingerprint density at radius 2 is 0.484 bits per heavy atom. The average Bonchev–Trinajstić information content (AvgIpc) is 0.780. The maximum absolute atomic E-state index is 5.14. The van der Waals surface area contributed by atoms with E-state index in [-0.39, 0.29) is 0 Å². The van der Waals surface area contributed by atoms with Gasteiger partial charge in [-0.1, -0.05) is 300 Å². The van der Waals surface area contributed by atoms with Crippen LogP contribution in [0.3, 0.4) is 0 Å². The maximum atomic E-state index is 5.14. The second-order valence-corrected chi connectivity index (χ2v) is 36.0. The van der Waals surface area contributed by atoms with Gasteiger partial charge in [0.25, 0.3) is 18.5 Å². The van der Waals surface area contributed by atoms with Gasteiger partial charge >= 0.3 is 23.3 Å². The molecule has 0 fully saturated rings. The molecule has 0 aliphatic rings. The molecule has 0 saturated carbocycles. The Kier molecular flexibility index (Phi) is 34.4. The molecule has 648 valence electrons. The molecule has 0 spiro atoms. The van der Waals surface area contributed by atoms with Gasteiger partial charge in [0, 0.05) is 52.6 Å². The molecule has 0 unspecified atom stereocenters. The van der Waals surface area contributed by atoms with E-state index in [4.69, 9.17) is 9.97 Å². The largest absolute Gasteiger partial charge is 0.330 e. The van der Waals surface area contributed by atoms with Crippen LogP contribution in [0, 0.1) is 0 Å². The third kappa shape index (κ3) is 24.9. The first-order valence-corrected chi connectivity index (χ1v) is 45.1. The Bertz CT molecular complexity index is 5850. The lowest BCUT2D eigenvalue weighted by Gasteiger charge is -2.21. The Hall–Kier alpha value is -12.6. The van der Waals surface area contributed by atoms with Gasteiger partial charge in [-0.3, -0.25) is 0 Å². The van der Waals surface area contributed by atoms with E-state index in [0.717, 1.165) is 79.7 Å². The van der Waals surface area contributed by atoms with Crippen LogP contribution in [0.2, 0.25) is 0 Å². The summed E-state index contributed by atoms with van der Waals surface area (Å²) in [7, 11) is 12.1. The molecule has 6 aromatic heterocycles. The van der Waals surface area contributed by atoms with Gasteiger partial charge in [-0.25, -0.2) is 27.4 Å². The molecule has 6 heterocycles. The molecule has 13 nitrogen and oxygen atoms in total. The molecule has 9 aromatic carbocycles. The Balaban J connectivity index is 0.000000160. The number of nitrogens with zero attached hydrogens (tertiary/aromatic N) is 13. The highest BCUT2D eigenvalue weighted by atomic mass is 15.1. The summed E-state index contributed by atoms with van der Waals surface area (Å²) in [5, 5.41) is 0. The van der Waals surface area contributed by atoms with E-state index in [2.05, 4.69) is 369 Å². The molecule has 0 amide bonds. The topological polar surface area (TPSA) is 114 Å². The van der Waals surface area contributed by atoms with Gasteiger partial charge < -0.3 is 0 Å². The van der Waals surface area contributed by atoms with Gasteiger partial charge in [0.1, 0.15) is 6.20 Å². The zero-order valence-electron chi connectivity index (χ0n) is 79.9. The molecule has 13 heteroatoms. The van der Waals surface area contributed by atoms with Crippen LogP contribution in [-0.2, 0) is 42.3 Å². The summed E-state index contributed by atoms with van der Waals surface area (Å²) in [4.78, 5) is 32.8. The number of rotatable bonds is 19. The number of hydrogen-bond donors (Lipinski definition) is 0. The van der Waals surface area contributed by atoms with Crippen molar-refractivity contribution in [3.8, 4) is 102 Å². The minimum absolute atomic E-state index is 0.446. The van der Waals surface area contributed by atoms with Gasteiger partial charge in [0.2, 0.25) is 6.33 Å². The van der Waals surface area contributed by atoms with Crippen LogP contribution in [-0.4, -0.2) is 34.9 Å². The smallest absolute Gasteiger partial charge is 0.240 e. The average molecular weight is 1680 g/mol. The van der Waals surface area contributed by atoms with Crippen molar-refractivity contribution in [1.82, 2.24) is 34.9 Å². The van der Waals surface area contributed by atoms with Crippen LogP contribution in [0.5, 0.6) is 0 Å². The first kappa shape index (κ1) is 95.6. The van der Waals surface area contributed by atoms with Crippen LogP contribution < -0.4 is 27.4 Å². The molecule has 0 atom stereocenters. The Labute approximate surface area is 754 Å². The fourth-order valence-electron chi connectivity index (χ4n) is 15.6. The van der Waals surface area contributed by atoms with Crippen molar-refractivity contribution in [2.45, 2.75) is 198 Å². The molecule has 15 aromatic rings. The predicted octanol–water partition coefficient (Wildman–Crippen LogP) is 25.1. The third-order valence-corrected chi connectivity index (χ3v) is 22.7. The van der Waals surface area contributed by atoms with Gasteiger partial charge in [0.15, 0.2) is 22.8 Å². The van der Waals surface area contributed by atoms with Crippen LogP contribution in [0.4, 0.5) is 0 Å². The lowest BCUT2D eigenvalue weighted by Crippen LogP contribution is -2.33. The Morgan fingerprint density at radius 1 is 0.206 bits per heavy atom. The van der Waals surface area contributed by atoms with Crippen LogP contribution in [0.25, 0.3) is 102 Å². The number of hydrogen-bond acceptors (Lipinski definition) is 7. The van der Waals surface area contributed by atoms with Gasteiger partial charge in [-0.05, 0) is 200 Å². The highest BCUT2D eigenvalue weighted by Gasteiger charge is 2.29. The predicted molar refractivity (Wildman–Crippen MR) is 520 cm³/mol. The van der Waals surface area contributed by atoms with E-state index in [9.17, 15) is 0 Å². The maximum Gasteiger partial charge on any atom is 0.330 e. The number of aromatic nitrogens is 13. The van der Waals surface area contributed by atoms with Gasteiger partial charge in [0.05, 0.1) is 101 Å². The highest BCUT2D eigenvalue weighted by Crippen LogP contribution is 2.42. The first-order valence-electron chi connectivity index (χ1n) is 45.1. The molecule has 0 aliphatic carbocycles. The third-order valence-electron chi connectivity index (χ3n) is 22.7. The highest BCUT2D eigenvalue weighted by molar-refractivity contribution is 5.74. The van der Waals surface area contributed by atoms with E-state index in [1.807, 2.05) is 156 Å². The fourth-order valence-corrected chi connectivity index (χ4v) is 15.6. The van der Waals surface area contributed by atoms with Crippen molar-refractivity contribution in [2.75, 3.05) is 0 Å². The summed E-state index contributed by atoms with van der Waals surface area (Å²) in [5.74, 6) is 9.50. The van der Waals surface area contributed by atoms with E-state index >= 15 is 0 Å². The standard InChI is InChI=1S/C26H33N2.C23H27N2.C20H29N2.C17H23N2.C16H14N3.C11H11N2/c1-17(2)21-15-22(18(3)4)25(23(16-21)19(5)6)24-13-14-28(7)26(27-24)20-11-9-8-10-12-20;1-16(2)19-12-9-13-20(17(3)4)22(19)21-14-15-25(5)23(24-21)18-10-7-6-8-11-18;1-13(2)16-10-17(14(3)4)20(18(11-16)15(5)6)19-8-9-22(7)12-21-19;1-12(2)14-7-6-8-15(13(3)4)17(14)16-9-10-19(5)11-18-16;1-19-12-17-15(13-8-4-2-5-9-13)18-16(19)14-10-6-3-7-11-14;1-13-9-5-8-12-11(13)10-6-3-2-4-7-10/h8-19H,1-7H3;6-17H,1-5H3;8-15H,1-7H3;6-13H,1-5H3;2-12H,1H3;2-9H,1H3/q6*+1. The van der Waals surface area contributed by atoms with Gasteiger partial charge in [-0.2, -0.15) is 0 Å². The van der Waals surface area contributed by atoms with Crippen LogP contribution >= 0.6 is 0 Å². The lowest BCUT2D eigenvalue weighted by atomic mass is 9.83. The van der Waals surface area contributed by atoms with Crippen molar-refractivity contribution in [3.63, 3.8) is 0 Å². The first-order chi connectivity index (χ1) is 60.3. The van der Waals surface area contributed by atoms with E-state index in [1.54, 1.807) is 6.33 Å². The number of aryl methyl sites for hydroxylation is 6. The van der Waals surface area contributed by atoms with Crippen molar-refractivity contribution < 1.29 is 27.4 Å². The Morgan fingerprint density at radius 3 is 0.786 bits per heavy atom. The van der Waals surface area contributed by atoms with Crippen LogP contribution in [0.15, 0.2) is 299 Å². The summed E-state index contributed by atoms with van der Waals surface area (Å²) < 4.78 is 12.1. The molecule has 0 radical (unpaired) electrons. The molecule has 126 heavy (non-hydrogen) atoms. The summed E-state index contributed by atoms with van der Waals surface area (Å²) in [5.41, 5.74) is 29.0. The quantitative estimate of drug-likeness (QED) is 0.0741. The number of benzene rings is 9. The molecule has 0 saturated heterocycles. The zero-order chi connectivity index (χ0) is 91.0. The SMILES string of the molecule is CC(C)c1cc(C(C)C)c(-c2cc[n+](C)c(-c3ccccc3)n2)c(C(C)C)c1.CC(C)c1cc(C(C)C)c(-c2cc[n+](C)cn2)c(C(C)C)c1.CC(C)c1cccc(C(C)C)c1-c1cc[n+](C)c(-c2ccccc2)n1.CC(C)c1cccc(C(C)C)c1-c1cc[n+](C)cn1.C[n+]1cccnc1-c1ccccc1.C[n+]1cnc(-c2ccccc2)nc1-c1ccccc1. The fraction of sp³-hybridized carbons (Fsp3) is 0.319. The second-order valence-electron chi connectivity index (χ2n) is 36.0. The zero-order valence-corrected chi connectivity index (χ0v) is 79.9. The van der Waals surface area contributed by atoms with E-state index < -0.39 is 0 Å². The molecule has 15 rings (SSSR count). The van der Waals surface area contributed by atoms with Crippen LogP contribution in [0.1, 0.15) is 253 Å². The summed E-state index contributed by atoms with van der Waals surface area (Å²) in [6.45, 7) is 45.3. The minimum Gasteiger partial charge on any atom is -0.240 e. The molecular formula is C113H137N13+6. The van der Waals surface area contributed by atoms with E-state index in [1.165, 1.54) is 77.9 Å². The normalized spacial score (nSPS) is 11.2. The van der Waals surface area contributed by atoms with Crippen molar-refractivity contribution in [1.29, 1.82) is 0 Å². The molecular weight excluding hydrogens is 1540 g/mol. The van der Waals surface area contributed by atoms with Crippen molar-refractivity contribution in [3.05, 3.63) is 354 Å². The van der Waals surface area contributed by atoms with Crippen molar-refractivity contribution >= 4 is 0 Å². The monoisotopic (exact) mass is 1680 g/mol. The molecule has 0 bridgehead atoms. The van der Waals surface area contributed by atoms with Gasteiger partial charge in [-0.15, -0.1) is 0 Å². The summed E-state index contributed by atoms with van der Waals surface area (Å²) >= 11 is 0. The van der Waals surface area contributed by atoms with E-state index in [0.29, 0.717) is 59.2 Å². The summed E-state index contributed by atoms with van der Waals surface area (Å²) in [6, 6.07) is 84.4. The molecule has 0 N–H and O–H groups in total.